The van der Waals surface area contributed by atoms with E-state index in [0.717, 1.165) is 0 Å². The summed E-state index contributed by atoms with van der Waals surface area (Å²) < 4.78 is 5.73. The summed E-state index contributed by atoms with van der Waals surface area (Å²) in [6.07, 6.45) is 0. The molecule has 0 spiro atoms. The number of fused-ring (bicyclic) bond motifs is 1. The predicted octanol–water partition coefficient (Wildman–Crippen LogP) is 5.40. The molecule has 1 aromatic heterocycles. The van der Waals surface area contributed by atoms with Gasteiger partial charge in [0, 0.05) is 11.6 Å². The van der Waals surface area contributed by atoms with Crippen molar-refractivity contribution in [3.63, 3.8) is 0 Å². The molecule has 1 heterocycles. The van der Waals surface area contributed by atoms with Crippen molar-refractivity contribution in [3.8, 4) is 11.5 Å². The number of oxazole rings is 1. The summed E-state index contributed by atoms with van der Waals surface area (Å²) >= 11 is 12.4. The fourth-order valence-corrected chi connectivity index (χ4v) is 2.66. The van der Waals surface area contributed by atoms with Crippen LogP contribution < -0.4 is 5.32 Å². The number of carbonyl (C=O) groups excluding carboxylic acids is 1. The van der Waals surface area contributed by atoms with Crippen LogP contribution in [0.3, 0.4) is 0 Å². The van der Waals surface area contributed by atoms with Crippen LogP contribution in [-0.2, 0) is 4.79 Å². The molecule has 2 aromatic carbocycles. The highest BCUT2D eigenvalue weighted by Gasteiger charge is 2.16. The van der Waals surface area contributed by atoms with E-state index in [1.165, 1.54) is 0 Å². The first-order valence-electron chi connectivity index (χ1n) is 7.11. The first kappa shape index (κ1) is 15.8. The van der Waals surface area contributed by atoms with Crippen molar-refractivity contribution in [2.75, 3.05) is 5.32 Å². The molecule has 1 amide bonds. The predicted molar refractivity (Wildman–Crippen MR) is 92.9 cm³/mol. The van der Waals surface area contributed by atoms with Gasteiger partial charge in [-0.2, -0.15) is 0 Å². The minimum absolute atomic E-state index is 0.0535. The molecule has 0 fully saturated rings. The Kier molecular flexibility index (Phi) is 4.28. The third kappa shape index (κ3) is 3.19. The SMILES string of the molecule is CC(C)C(=O)Nc1ccc2oc(-c3c(Cl)cccc3Cl)nc2c1. The number of aromatic nitrogens is 1. The highest BCUT2D eigenvalue weighted by molar-refractivity contribution is 6.38. The Labute approximate surface area is 143 Å². The maximum absolute atomic E-state index is 11.8. The number of hydrogen-bond acceptors (Lipinski definition) is 3. The Morgan fingerprint density at radius 3 is 2.52 bits per heavy atom. The quantitative estimate of drug-likeness (QED) is 0.689. The van der Waals surface area contributed by atoms with E-state index in [1.54, 1.807) is 36.4 Å². The van der Waals surface area contributed by atoms with Crippen LogP contribution in [0.1, 0.15) is 13.8 Å². The van der Waals surface area contributed by atoms with Gasteiger partial charge in [-0.05, 0) is 30.3 Å². The van der Waals surface area contributed by atoms with Crippen LogP contribution in [0.25, 0.3) is 22.6 Å². The standard InChI is InChI=1S/C17H14Cl2N2O2/c1-9(2)16(22)20-10-6-7-14-13(8-10)21-17(23-14)15-11(18)4-3-5-12(15)19/h3-9H,1-2H3,(H,20,22). The topological polar surface area (TPSA) is 55.1 Å². The van der Waals surface area contributed by atoms with E-state index < -0.39 is 0 Å². The number of amides is 1. The van der Waals surface area contributed by atoms with Gasteiger partial charge in [0.2, 0.25) is 11.8 Å². The molecule has 0 aliphatic rings. The van der Waals surface area contributed by atoms with E-state index in [0.29, 0.717) is 38.3 Å². The molecule has 0 bridgehead atoms. The number of carbonyl (C=O) groups is 1. The molecule has 1 N–H and O–H groups in total. The van der Waals surface area contributed by atoms with Gasteiger partial charge in [-0.1, -0.05) is 43.1 Å². The fourth-order valence-electron chi connectivity index (χ4n) is 2.10. The van der Waals surface area contributed by atoms with Crippen molar-refractivity contribution in [2.24, 2.45) is 5.92 Å². The van der Waals surface area contributed by atoms with Gasteiger partial charge < -0.3 is 9.73 Å². The molecule has 118 valence electrons. The van der Waals surface area contributed by atoms with E-state index in [1.807, 2.05) is 13.8 Å². The van der Waals surface area contributed by atoms with Crippen molar-refractivity contribution in [2.45, 2.75) is 13.8 Å². The van der Waals surface area contributed by atoms with E-state index in [-0.39, 0.29) is 11.8 Å². The molecule has 0 unspecified atom stereocenters. The van der Waals surface area contributed by atoms with Crippen molar-refractivity contribution in [3.05, 3.63) is 46.4 Å². The summed E-state index contributed by atoms with van der Waals surface area (Å²) in [5.74, 6) is 0.200. The molecule has 0 aliphatic carbocycles. The van der Waals surface area contributed by atoms with Crippen LogP contribution in [-0.4, -0.2) is 10.9 Å². The third-order valence-corrected chi connectivity index (χ3v) is 3.99. The highest BCUT2D eigenvalue weighted by Crippen LogP contribution is 2.36. The molecule has 4 nitrogen and oxygen atoms in total. The van der Waals surface area contributed by atoms with E-state index in [4.69, 9.17) is 27.6 Å². The molecule has 3 rings (SSSR count). The second-order valence-corrected chi connectivity index (χ2v) is 6.26. The van der Waals surface area contributed by atoms with Gasteiger partial charge in [-0.15, -0.1) is 0 Å². The van der Waals surface area contributed by atoms with Gasteiger partial charge in [0.25, 0.3) is 0 Å². The Morgan fingerprint density at radius 2 is 1.87 bits per heavy atom. The van der Waals surface area contributed by atoms with Gasteiger partial charge in [0.15, 0.2) is 5.58 Å². The number of benzene rings is 2. The zero-order chi connectivity index (χ0) is 16.6. The number of nitrogens with zero attached hydrogens (tertiary/aromatic N) is 1. The fraction of sp³-hybridized carbons (Fsp3) is 0.176. The van der Waals surface area contributed by atoms with E-state index in [9.17, 15) is 4.79 Å². The molecule has 23 heavy (non-hydrogen) atoms. The minimum atomic E-state index is -0.0968. The lowest BCUT2D eigenvalue weighted by Gasteiger charge is -2.06. The van der Waals surface area contributed by atoms with Crippen LogP contribution in [0.5, 0.6) is 0 Å². The van der Waals surface area contributed by atoms with Crippen molar-refractivity contribution in [1.82, 2.24) is 4.98 Å². The number of hydrogen-bond donors (Lipinski definition) is 1. The Hall–Kier alpha value is -2.04. The summed E-state index contributed by atoms with van der Waals surface area (Å²) in [5, 5.41) is 3.77. The molecule has 0 saturated carbocycles. The lowest BCUT2D eigenvalue weighted by molar-refractivity contribution is -0.118. The lowest BCUT2D eigenvalue weighted by Crippen LogP contribution is -2.17. The number of rotatable bonds is 3. The second-order valence-electron chi connectivity index (χ2n) is 5.44. The normalized spacial score (nSPS) is 11.2. The molecule has 3 aromatic rings. The maximum Gasteiger partial charge on any atom is 0.230 e. The lowest BCUT2D eigenvalue weighted by atomic mass is 10.2. The van der Waals surface area contributed by atoms with Crippen LogP contribution in [0, 0.1) is 5.92 Å². The largest absolute Gasteiger partial charge is 0.436 e. The summed E-state index contributed by atoms with van der Waals surface area (Å²) in [4.78, 5) is 16.2. The van der Waals surface area contributed by atoms with Crippen LogP contribution in [0.2, 0.25) is 10.0 Å². The molecule has 0 saturated heterocycles. The molecule has 6 heteroatoms. The summed E-state index contributed by atoms with van der Waals surface area (Å²) in [6.45, 7) is 3.67. The Balaban J connectivity index is 2.01. The second kappa shape index (κ2) is 6.22. The summed E-state index contributed by atoms with van der Waals surface area (Å²) in [7, 11) is 0. The third-order valence-electron chi connectivity index (χ3n) is 3.36. The average molecular weight is 349 g/mol. The first-order valence-corrected chi connectivity index (χ1v) is 7.87. The highest BCUT2D eigenvalue weighted by atomic mass is 35.5. The van der Waals surface area contributed by atoms with Crippen molar-refractivity contribution in [1.29, 1.82) is 0 Å². The number of anilines is 1. The zero-order valence-corrected chi connectivity index (χ0v) is 14.1. The first-order chi connectivity index (χ1) is 11.0. The monoisotopic (exact) mass is 348 g/mol. The minimum Gasteiger partial charge on any atom is -0.436 e. The van der Waals surface area contributed by atoms with Crippen LogP contribution >= 0.6 is 23.2 Å². The summed E-state index contributed by atoms with van der Waals surface area (Å²) in [6, 6.07) is 10.5. The van der Waals surface area contributed by atoms with Gasteiger partial charge in [0.05, 0.1) is 15.6 Å². The van der Waals surface area contributed by atoms with E-state index in [2.05, 4.69) is 10.3 Å². The van der Waals surface area contributed by atoms with Crippen LogP contribution in [0.15, 0.2) is 40.8 Å². The Morgan fingerprint density at radius 1 is 1.17 bits per heavy atom. The van der Waals surface area contributed by atoms with Gasteiger partial charge in [-0.25, -0.2) is 4.98 Å². The van der Waals surface area contributed by atoms with Crippen molar-refractivity contribution < 1.29 is 9.21 Å². The molecule has 0 atom stereocenters. The maximum atomic E-state index is 11.8. The van der Waals surface area contributed by atoms with Gasteiger partial charge in [0.1, 0.15) is 5.52 Å². The van der Waals surface area contributed by atoms with E-state index >= 15 is 0 Å². The zero-order valence-electron chi connectivity index (χ0n) is 12.6. The Bertz CT molecular complexity index is 867. The smallest absolute Gasteiger partial charge is 0.230 e. The molecule has 0 radical (unpaired) electrons. The molecular weight excluding hydrogens is 335 g/mol. The average Bonchev–Trinajstić information content (AvgIpc) is 2.89. The van der Waals surface area contributed by atoms with Crippen molar-refractivity contribution >= 4 is 45.9 Å². The van der Waals surface area contributed by atoms with Gasteiger partial charge in [-0.3, -0.25) is 4.79 Å². The molecular formula is C17H14Cl2N2O2. The summed E-state index contributed by atoms with van der Waals surface area (Å²) in [5.41, 5.74) is 2.44. The van der Waals surface area contributed by atoms with Gasteiger partial charge >= 0.3 is 0 Å². The number of nitrogens with one attached hydrogen (secondary N) is 1. The molecule has 0 aliphatic heterocycles. The number of halogens is 2. The van der Waals surface area contributed by atoms with Crippen LogP contribution in [0.4, 0.5) is 5.69 Å².